The molecular weight excluding hydrogens is 327 g/mol. The zero-order valence-corrected chi connectivity index (χ0v) is 12.6. The standard InChI is InChI=1S/C16H13BrClF/c17-13-5-6-15(19)11(9-13)8-12-7-10-3-1-2-4-14(10)16(12)18/h1-6,9,12,16H,7-8H2. The molecule has 0 bridgehead atoms. The van der Waals surface area contributed by atoms with Crippen LogP contribution in [0.3, 0.4) is 0 Å². The minimum atomic E-state index is -0.150. The molecule has 0 spiro atoms. The zero-order chi connectivity index (χ0) is 13.4. The summed E-state index contributed by atoms with van der Waals surface area (Å²) in [5, 5.41) is -0.0189. The molecule has 3 rings (SSSR count). The molecule has 2 aromatic rings. The molecule has 2 unspecified atom stereocenters. The first-order valence-electron chi connectivity index (χ1n) is 6.31. The second-order valence-corrected chi connectivity index (χ2v) is 6.39. The van der Waals surface area contributed by atoms with Crippen molar-refractivity contribution in [2.45, 2.75) is 18.2 Å². The van der Waals surface area contributed by atoms with Crippen molar-refractivity contribution in [3.63, 3.8) is 0 Å². The molecule has 0 saturated carbocycles. The van der Waals surface area contributed by atoms with E-state index in [0.29, 0.717) is 6.42 Å². The zero-order valence-electron chi connectivity index (χ0n) is 10.2. The second-order valence-electron chi connectivity index (χ2n) is 5.00. The van der Waals surface area contributed by atoms with Crippen LogP contribution < -0.4 is 0 Å². The molecule has 0 N–H and O–H groups in total. The van der Waals surface area contributed by atoms with E-state index in [2.05, 4.69) is 28.1 Å². The van der Waals surface area contributed by atoms with Crippen LogP contribution in [0.1, 0.15) is 22.1 Å². The summed E-state index contributed by atoms with van der Waals surface area (Å²) >= 11 is 9.91. The molecule has 98 valence electrons. The average molecular weight is 340 g/mol. The molecule has 2 aromatic carbocycles. The lowest BCUT2D eigenvalue weighted by Gasteiger charge is -2.15. The predicted octanol–water partition coefficient (Wildman–Crippen LogP) is 5.28. The smallest absolute Gasteiger partial charge is 0.126 e. The van der Waals surface area contributed by atoms with Gasteiger partial charge in [-0.25, -0.2) is 4.39 Å². The number of rotatable bonds is 2. The van der Waals surface area contributed by atoms with E-state index >= 15 is 0 Å². The molecule has 1 aliphatic rings. The van der Waals surface area contributed by atoms with E-state index in [0.717, 1.165) is 16.5 Å². The third-order valence-corrected chi connectivity index (χ3v) is 4.82. The summed E-state index contributed by atoms with van der Waals surface area (Å²) in [6.07, 6.45) is 1.60. The second kappa shape index (κ2) is 5.26. The summed E-state index contributed by atoms with van der Waals surface area (Å²) in [4.78, 5) is 0. The van der Waals surface area contributed by atoms with Crippen LogP contribution in [-0.4, -0.2) is 0 Å². The topological polar surface area (TPSA) is 0 Å². The third-order valence-electron chi connectivity index (χ3n) is 3.74. The Labute approximate surface area is 125 Å². The fourth-order valence-corrected chi connectivity index (χ4v) is 3.59. The van der Waals surface area contributed by atoms with Crippen molar-refractivity contribution in [3.8, 4) is 0 Å². The molecule has 19 heavy (non-hydrogen) atoms. The molecule has 3 heteroatoms. The molecule has 0 nitrogen and oxygen atoms in total. The van der Waals surface area contributed by atoms with Crippen LogP contribution >= 0.6 is 27.5 Å². The highest BCUT2D eigenvalue weighted by atomic mass is 79.9. The van der Waals surface area contributed by atoms with E-state index in [9.17, 15) is 4.39 Å². The maximum atomic E-state index is 13.8. The van der Waals surface area contributed by atoms with Gasteiger partial charge in [-0.2, -0.15) is 0 Å². The Morgan fingerprint density at radius 1 is 1.21 bits per heavy atom. The average Bonchev–Trinajstić information content (AvgIpc) is 2.72. The molecule has 0 amide bonds. The first kappa shape index (κ1) is 13.1. The van der Waals surface area contributed by atoms with Crippen LogP contribution in [-0.2, 0) is 12.8 Å². The molecule has 0 heterocycles. The molecular formula is C16H13BrClF. The summed E-state index contributed by atoms with van der Waals surface area (Å²) < 4.78 is 14.7. The highest BCUT2D eigenvalue weighted by Crippen LogP contribution is 2.42. The number of hydrogen-bond acceptors (Lipinski definition) is 0. The van der Waals surface area contributed by atoms with Crippen molar-refractivity contribution >= 4 is 27.5 Å². The number of halogens is 3. The summed E-state index contributed by atoms with van der Waals surface area (Å²) in [7, 11) is 0. The summed E-state index contributed by atoms with van der Waals surface area (Å²) in [5.74, 6) is 0.117. The van der Waals surface area contributed by atoms with Crippen LogP contribution in [0.4, 0.5) is 4.39 Å². The normalized spacial score (nSPS) is 21.4. The van der Waals surface area contributed by atoms with Gasteiger partial charge in [-0.1, -0.05) is 40.2 Å². The first-order valence-corrected chi connectivity index (χ1v) is 7.54. The van der Waals surface area contributed by atoms with Gasteiger partial charge in [-0.15, -0.1) is 11.6 Å². The van der Waals surface area contributed by atoms with Crippen molar-refractivity contribution in [2.75, 3.05) is 0 Å². The quantitative estimate of drug-likeness (QED) is 0.653. The molecule has 0 fully saturated rings. The van der Waals surface area contributed by atoms with E-state index in [4.69, 9.17) is 11.6 Å². The lowest BCUT2D eigenvalue weighted by molar-refractivity contribution is 0.518. The number of fused-ring (bicyclic) bond motifs is 1. The van der Waals surface area contributed by atoms with Gasteiger partial charge in [0.25, 0.3) is 0 Å². The maximum Gasteiger partial charge on any atom is 0.126 e. The Morgan fingerprint density at radius 2 is 2.00 bits per heavy atom. The van der Waals surface area contributed by atoms with Gasteiger partial charge in [0, 0.05) is 4.47 Å². The SMILES string of the molecule is Fc1ccc(Br)cc1CC1Cc2ccccc2C1Cl. The predicted molar refractivity (Wildman–Crippen MR) is 80.0 cm³/mol. The monoisotopic (exact) mass is 338 g/mol. The van der Waals surface area contributed by atoms with Crippen molar-refractivity contribution in [1.82, 2.24) is 0 Å². The van der Waals surface area contributed by atoms with Gasteiger partial charge in [0.15, 0.2) is 0 Å². The van der Waals surface area contributed by atoms with Crippen LogP contribution in [0.2, 0.25) is 0 Å². The van der Waals surface area contributed by atoms with Crippen molar-refractivity contribution in [2.24, 2.45) is 5.92 Å². The van der Waals surface area contributed by atoms with E-state index in [-0.39, 0.29) is 17.1 Å². The van der Waals surface area contributed by atoms with E-state index in [1.54, 1.807) is 6.07 Å². The van der Waals surface area contributed by atoms with Gasteiger partial charge in [0.05, 0.1) is 5.38 Å². The molecule has 0 aliphatic heterocycles. The lowest BCUT2D eigenvalue weighted by atomic mass is 9.96. The molecule has 0 saturated heterocycles. The highest BCUT2D eigenvalue weighted by Gasteiger charge is 2.31. The Kier molecular flexibility index (Phi) is 3.64. The Hall–Kier alpha value is -0.860. The third kappa shape index (κ3) is 2.56. The Morgan fingerprint density at radius 3 is 2.79 bits per heavy atom. The largest absolute Gasteiger partial charge is 0.207 e. The van der Waals surface area contributed by atoms with Crippen LogP contribution in [0, 0.1) is 11.7 Å². The van der Waals surface area contributed by atoms with E-state index in [1.807, 2.05) is 18.2 Å². The fraction of sp³-hybridized carbons (Fsp3) is 0.250. The number of benzene rings is 2. The molecule has 1 aliphatic carbocycles. The van der Waals surface area contributed by atoms with Gasteiger partial charge in [-0.3, -0.25) is 0 Å². The summed E-state index contributed by atoms with van der Waals surface area (Å²) in [6, 6.07) is 13.3. The lowest BCUT2D eigenvalue weighted by Crippen LogP contribution is -2.08. The van der Waals surface area contributed by atoms with Crippen LogP contribution in [0.15, 0.2) is 46.9 Å². The maximum absolute atomic E-state index is 13.8. The van der Waals surface area contributed by atoms with Gasteiger partial charge in [0.1, 0.15) is 5.82 Å². The van der Waals surface area contributed by atoms with Gasteiger partial charge in [0.2, 0.25) is 0 Å². The molecule has 2 atom stereocenters. The van der Waals surface area contributed by atoms with Crippen molar-refractivity contribution < 1.29 is 4.39 Å². The molecule has 0 aromatic heterocycles. The summed E-state index contributed by atoms with van der Waals surface area (Å²) in [6.45, 7) is 0. The van der Waals surface area contributed by atoms with E-state index in [1.165, 1.54) is 17.2 Å². The summed E-state index contributed by atoms with van der Waals surface area (Å²) in [5.41, 5.74) is 3.23. The number of alkyl halides is 1. The highest BCUT2D eigenvalue weighted by molar-refractivity contribution is 9.10. The first-order chi connectivity index (χ1) is 9.15. The van der Waals surface area contributed by atoms with Crippen LogP contribution in [0.5, 0.6) is 0 Å². The van der Waals surface area contributed by atoms with Gasteiger partial charge in [-0.05, 0) is 53.6 Å². The Bertz CT molecular complexity index is 611. The van der Waals surface area contributed by atoms with Gasteiger partial charge >= 0.3 is 0 Å². The minimum Gasteiger partial charge on any atom is -0.207 e. The Balaban J connectivity index is 1.85. The van der Waals surface area contributed by atoms with Gasteiger partial charge < -0.3 is 0 Å². The minimum absolute atomic E-state index is 0.0189. The van der Waals surface area contributed by atoms with E-state index < -0.39 is 0 Å². The fourth-order valence-electron chi connectivity index (χ4n) is 2.79. The van der Waals surface area contributed by atoms with Crippen LogP contribution in [0.25, 0.3) is 0 Å². The molecule has 0 radical (unpaired) electrons. The van der Waals surface area contributed by atoms with Crippen molar-refractivity contribution in [1.29, 1.82) is 0 Å². The van der Waals surface area contributed by atoms with Crippen molar-refractivity contribution in [3.05, 3.63) is 69.4 Å². The number of hydrogen-bond donors (Lipinski definition) is 0.